The molecular weight excluding hydrogens is 257 g/mol. The summed E-state index contributed by atoms with van der Waals surface area (Å²) in [6, 6.07) is 2.00. The molecule has 0 unspecified atom stereocenters. The number of hydrogen-bond acceptors (Lipinski definition) is 3. The second-order valence-corrected chi connectivity index (χ2v) is 5.63. The molecule has 7 heteroatoms. The molecule has 0 bridgehead atoms. The van der Waals surface area contributed by atoms with Crippen molar-refractivity contribution in [3.63, 3.8) is 0 Å². The lowest BCUT2D eigenvalue weighted by Crippen LogP contribution is -2.18. The van der Waals surface area contributed by atoms with Crippen LogP contribution in [0.1, 0.15) is 15.9 Å². The zero-order valence-corrected chi connectivity index (χ0v) is 10.1. The zero-order valence-electron chi connectivity index (χ0n) is 8.54. The van der Waals surface area contributed by atoms with Gasteiger partial charge >= 0.3 is 0 Å². The molecule has 1 N–H and O–H groups in total. The minimum atomic E-state index is -4.07. The van der Waals surface area contributed by atoms with Gasteiger partial charge in [-0.15, -0.1) is 0 Å². The molecule has 0 heterocycles. The first-order chi connectivity index (χ1) is 7.27. The predicted octanol–water partition coefficient (Wildman–Crippen LogP) is 1.42. The standard InChI is InChI=1S/C9H9ClFNO3S/c1-5-7(11)3-6(9(13)12-2)4-8(5)16(10,14)15/h3-4H,1-2H3,(H,12,13). The van der Waals surface area contributed by atoms with E-state index in [0.717, 1.165) is 12.1 Å². The van der Waals surface area contributed by atoms with Gasteiger partial charge in [-0.2, -0.15) is 0 Å². The Labute approximate surface area is 96.8 Å². The van der Waals surface area contributed by atoms with Crippen LogP contribution in [0.3, 0.4) is 0 Å². The number of carbonyl (C=O) groups excluding carboxylic acids is 1. The van der Waals surface area contributed by atoms with Crippen molar-refractivity contribution in [1.82, 2.24) is 5.32 Å². The molecule has 0 saturated heterocycles. The highest BCUT2D eigenvalue weighted by atomic mass is 35.7. The van der Waals surface area contributed by atoms with Crippen LogP contribution in [0.2, 0.25) is 0 Å². The molecule has 4 nitrogen and oxygen atoms in total. The van der Waals surface area contributed by atoms with Crippen LogP contribution < -0.4 is 5.32 Å². The topological polar surface area (TPSA) is 63.2 Å². The molecule has 0 aliphatic carbocycles. The first-order valence-electron chi connectivity index (χ1n) is 4.24. The second-order valence-electron chi connectivity index (χ2n) is 3.10. The van der Waals surface area contributed by atoms with Crippen LogP contribution in [0, 0.1) is 12.7 Å². The van der Waals surface area contributed by atoms with Gasteiger partial charge < -0.3 is 5.32 Å². The number of hydrogen-bond donors (Lipinski definition) is 1. The third-order valence-electron chi connectivity index (χ3n) is 2.05. The number of nitrogens with one attached hydrogen (secondary N) is 1. The molecule has 0 aliphatic rings. The molecule has 16 heavy (non-hydrogen) atoms. The van der Waals surface area contributed by atoms with Gasteiger partial charge in [0.1, 0.15) is 5.82 Å². The Morgan fingerprint density at radius 3 is 2.44 bits per heavy atom. The molecule has 1 rings (SSSR count). The predicted molar refractivity (Wildman–Crippen MR) is 57.6 cm³/mol. The SMILES string of the molecule is CNC(=O)c1cc(F)c(C)c(S(=O)(=O)Cl)c1. The van der Waals surface area contributed by atoms with Gasteiger partial charge in [0.05, 0.1) is 4.90 Å². The van der Waals surface area contributed by atoms with E-state index in [-0.39, 0.29) is 11.1 Å². The molecular formula is C9H9ClFNO3S. The normalized spacial score (nSPS) is 11.2. The van der Waals surface area contributed by atoms with Gasteiger partial charge in [0, 0.05) is 28.9 Å². The summed E-state index contributed by atoms with van der Waals surface area (Å²) in [4.78, 5) is 10.8. The number of carbonyl (C=O) groups is 1. The second kappa shape index (κ2) is 4.39. The van der Waals surface area contributed by atoms with Crippen molar-refractivity contribution >= 4 is 25.6 Å². The molecule has 1 aromatic rings. The Balaban J connectivity index is 3.52. The Morgan fingerprint density at radius 1 is 1.44 bits per heavy atom. The van der Waals surface area contributed by atoms with Gasteiger partial charge in [0.25, 0.3) is 15.0 Å². The summed E-state index contributed by atoms with van der Waals surface area (Å²) < 4.78 is 35.6. The van der Waals surface area contributed by atoms with Crippen molar-refractivity contribution in [3.05, 3.63) is 29.1 Å². The van der Waals surface area contributed by atoms with Gasteiger partial charge in [0.15, 0.2) is 0 Å². The summed E-state index contributed by atoms with van der Waals surface area (Å²) in [6.45, 7) is 1.28. The number of halogens is 2. The van der Waals surface area contributed by atoms with E-state index >= 15 is 0 Å². The van der Waals surface area contributed by atoms with E-state index in [1.54, 1.807) is 0 Å². The lowest BCUT2D eigenvalue weighted by atomic mass is 10.1. The van der Waals surface area contributed by atoms with Crippen LogP contribution in [0.5, 0.6) is 0 Å². The number of rotatable bonds is 2. The van der Waals surface area contributed by atoms with Crippen molar-refractivity contribution in [3.8, 4) is 0 Å². The molecule has 88 valence electrons. The average Bonchev–Trinajstić information content (AvgIpc) is 2.18. The molecule has 0 radical (unpaired) electrons. The van der Waals surface area contributed by atoms with E-state index in [1.165, 1.54) is 14.0 Å². The fourth-order valence-electron chi connectivity index (χ4n) is 1.18. The van der Waals surface area contributed by atoms with Crippen molar-refractivity contribution < 1.29 is 17.6 Å². The Hall–Kier alpha value is -1.14. The van der Waals surface area contributed by atoms with E-state index in [4.69, 9.17) is 10.7 Å². The summed E-state index contributed by atoms with van der Waals surface area (Å²) in [5, 5.41) is 2.26. The Bertz CT molecular complexity index is 542. The maximum absolute atomic E-state index is 13.4. The lowest BCUT2D eigenvalue weighted by molar-refractivity contribution is 0.0962. The van der Waals surface area contributed by atoms with Crippen LogP contribution in [0.15, 0.2) is 17.0 Å². The zero-order chi connectivity index (χ0) is 12.5. The van der Waals surface area contributed by atoms with E-state index < -0.39 is 25.7 Å². The van der Waals surface area contributed by atoms with Crippen LogP contribution in [0.25, 0.3) is 0 Å². The van der Waals surface area contributed by atoms with Gasteiger partial charge in [-0.3, -0.25) is 4.79 Å². The Kier molecular flexibility index (Phi) is 3.54. The van der Waals surface area contributed by atoms with Crippen molar-refractivity contribution in [2.24, 2.45) is 0 Å². The highest BCUT2D eigenvalue weighted by Crippen LogP contribution is 2.23. The van der Waals surface area contributed by atoms with Crippen LogP contribution in [-0.4, -0.2) is 21.4 Å². The summed E-state index contributed by atoms with van der Waals surface area (Å²) in [6.07, 6.45) is 0. The van der Waals surface area contributed by atoms with Crippen LogP contribution in [0.4, 0.5) is 4.39 Å². The molecule has 0 fully saturated rings. The molecule has 0 aromatic heterocycles. The molecule has 1 aromatic carbocycles. The molecule has 1 amide bonds. The molecule has 0 spiro atoms. The number of amides is 1. The van der Waals surface area contributed by atoms with E-state index in [9.17, 15) is 17.6 Å². The summed E-state index contributed by atoms with van der Waals surface area (Å²) in [7, 11) is 2.42. The fourth-order valence-corrected chi connectivity index (χ4v) is 2.39. The van der Waals surface area contributed by atoms with Crippen molar-refractivity contribution in [1.29, 1.82) is 0 Å². The van der Waals surface area contributed by atoms with Crippen molar-refractivity contribution in [2.75, 3.05) is 7.05 Å². The van der Waals surface area contributed by atoms with Gasteiger partial charge in [0.2, 0.25) is 0 Å². The maximum atomic E-state index is 13.4. The third-order valence-corrected chi connectivity index (χ3v) is 3.50. The highest BCUT2D eigenvalue weighted by Gasteiger charge is 2.19. The highest BCUT2D eigenvalue weighted by molar-refractivity contribution is 8.13. The third kappa shape index (κ3) is 2.51. The molecule has 0 atom stereocenters. The summed E-state index contributed by atoms with van der Waals surface area (Å²) >= 11 is 0. The first-order valence-corrected chi connectivity index (χ1v) is 6.55. The lowest BCUT2D eigenvalue weighted by Gasteiger charge is -2.06. The summed E-state index contributed by atoms with van der Waals surface area (Å²) in [5.41, 5.74) is -0.201. The van der Waals surface area contributed by atoms with E-state index in [0.29, 0.717) is 0 Å². The van der Waals surface area contributed by atoms with Gasteiger partial charge in [-0.05, 0) is 19.1 Å². The van der Waals surface area contributed by atoms with Crippen LogP contribution >= 0.6 is 10.7 Å². The largest absolute Gasteiger partial charge is 0.355 e. The summed E-state index contributed by atoms with van der Waals surface area (Å²) in [5.74, 6) is -1.37. The van der Waals surface area contributed by atoms with Gasteiger partial charge in [-0.1, -0.05) is 0 Å². The maximum Gasteiger partial charge on any atom is 0.261 e. The first kappa shape index (κ1) is 12.9. The average molecular weight is 266 g/mol. The van der Waals surface area contributed by atoms with E-state index in [2.05, 4.69) is 5.32 Å². The molecule has 0 saturated carbocycles. The fraction of sp³-hybridized carbons (Fsp3) is 0.222. The van der Waals surface area contributed by atoms with Gasteiger partial charge in [-0.25, -0.2) is 12.8 Å². The van der Waals surface area contributed by atoms with E-state index in [1.807, 2.05) is 0 Å². The Morgan fingerprint density at radius 2 is 2.00 bits per heavy atom. The molecule has 0 aliphatic heterocycles. The smallest absolute Gasteiger partial charge is 0.261 e. The van der Waals surface area contributed by atoms with Crippen LogP contribution in [-0.2, 0) is 9.05 Å². The number of benzene rings is 1. The monoisotopic (exact) mass is 265 g/mol. The van der Waals surface area contributed by atoms with Crippen molar-refractivity contribution in [2.45, 2.75) is 11.8 Å². The quantitative estimate of drug-likeness (QED) is 0.823. The minimum absolute atomic E-state index is 0.0928. The minimum Gasteiger partial charge on any atom is -0.355 e.